The fourth-order valence-corrected chi connectivity index (χ4v) is 1.23. The van der Waals surface area contributed by atoms with Gasteiger partial charge < -0.3 is 9.47 Å². The van der Waals surface area contributed by atoms with E-state index in [4.69, 9.17) is 10.1 Å². The lowest BCUT2D eigenvalue weighted by Crippen LogP contribution is -2.44. The maximum absolute atomic E-state index is 14.3. The van der Waals surface area contributed by atoms with E-state index >= 15 is 0 Å². The summed E-state index contributed by atoms with van der Waals surface area (Å²) in [5.41, 5.74) is -2.43. The Kier molecular flexibility index (Phi) is 6.69. The highest BCUT2D eigenvalue weighted by molar-refractivity contribution is 6.04. The van der Waals surface area contributed by atoms with Gasteiger partial charge in [0.05, 0.1) is 13.2 Å². The van der Waals surface area contributed by atoms with E-state index in [2.05, 4.69) is 4.74 Å². The van der Waals surface area contributed by atoms with Crippen molar-refractivity contribution < 1.29 is 18.7 Å². The summed E-state index contributed by atoms with van der Waals surface area (Å²) in [7, 11) is 0. The highest BCUT2D eigenvalue weighted by Crippen LogP contribution is 2.23. The van der Waals surface area contributed by atoms with E-state index in [0.717, 1.165) is 6.42 Å². The van der Waals surface area contributed by atoms with E-state index in [-0.39, 0.29) is 19.6 Å². The van der Waals surface area contributed by atoms with Crippen LogP contribution in [0.1, 0.15) is 40.0 Å². The van der Waals surface area contributed by atoms with Crippen LogP contribution in [-0.2, 0) is 14.3 Å². The molecular weight excluding hydrogens is 213 g/mol. The molecule has 1 unspecified atom stereocenters. The Balaban J connectivity index is 4.71. The van der Waals surface area contributed by atoms with Crippen LogP contribution >= 0.6 is 0 Å². The number of unbranched alkanes of at least 4 members (excludes halogenated alkanes) is 1. The third-order valence-electron chi connectivity index (χ3n) is 2.12. The summed E-state index contributed by atoms with van der Waals surface area (Å²) in [5, 5.41) is 7.43. The quantitative estimate of drug-likeness (QED) is 0.417. The summed E-state index contributed by atoms with van der Waals surface area (Å²) in [6.07, 6.45) is 1.18. The average Bonchev–Trinajstić information content (AvgIpc) is 2.26. The van der Waals surface area contributed by atoms with Crippen molar-refractivity contribution in [3.05, 3.63) is 0 Å². The van der Waals surface area contributed by atoms with E-state index < -0.39 is 17.5 Å². The van der Waals surface area contributed by atoms with Crippen LogP contribution in [0.4, 0.5) is 4.39 Å². The SMILES string of the molecule is CCCCC(F)(C(=N)OCC)C(=O)OCC. The van der Waals surface area contributed by atoms with Crippen molar-refractivity contribution in [2.75, 3.05) is 13.2 Å². The number of hydrogen-bond donors (Lipinski definition) is 1. The van der Waals surface area contributed by atoms with Crippen molar-refractivity contribution in [3.8, 4) is 0 Å². The molecule has 0 fully saturated rings. The van der Waals surface area contributed by atoms with Crippen LogP contribution < -0.4 is 0 Å². The lowest BCUT2D eigenvalue weighted by molar-refractivity contribution is -0.154. The van der Waals surface area contributed by atoms with Crippen LogP contribution in [-0.4, -0.2) is 30.7 Å². The molecule has 5 heteroatoms. The Labute approximate surface area is 95.6 Å². The molecule has 0 saturated carbocycles. The second-order valence-electron chi connectivity index (χ2n) is 3.39. The summed E-state index contributed by atoms with van der Waals surface area (Å²) in [4.78, 5) is 11.5. The van der Waals surface area contributed by atoms with E-state index in [9.17, 15) is 9.18 Å². The van der Waals surface area contributed by atoms with Crippen molar-refractivity contribution in [3.63, 3.8) is 0 Å². The van der Waals surface area contributed by atoms with Gasteiger partial charge in [-0.1, -0.05) is 13.3 Å². The molecule has 0 aromatic carbocycles. The molecule has 0 aliphatic rings. The first kappa shape index (κ1) is 14.9. The average molecular weight is 233 g/mol. The fourth-order valence-electron chi connectivity index (χ4n) is 1.23. The molecule has 16 heavy (non-hydrogen) atoms. The van der Waals surface area contributed by atoms with Gasteiger partial charge >= 0.3 is 5.97 Å². The summed E-state index contributed by atoms with van der Waals surface area (Å²) in [6, 6.07) is 0. The van der Waals surface area contributed by atoms with Crippen molar-refractivity contribution in [2.45, 2.75) is 45.7 Å². The van der Waals surface area contributed by atoms with Gasteiger partial charge in [-0.25, -0.2) is 9.18 Å². The van der Waals surface area contributed by atoms with E-state index in [0.29, 0.717) is 6.42 Å². The number of carbonyl (C=O) groups excluding carboxylic acids is 1. The van der Waals surface area contributed by atoms with Gasteiger partial charge in [0.1, 0.15) is 0 Å². The predicted octanol–water partition coefficient (Wildman–Crippen LogP) is 2.46. The van der Waals surface area contributed by atoms with Gasteiger partial charge in [-0.15, -0.1) is 0 Å². The standard InChI is InChI=1S/C11H20FNO3/c1-4-7-8-11(12,9(13)15-5-2)10(14)16-6-3/h13H,4-8H2,1-3H3. The lowest BCUT2D eigenvalue weighted by Gasteiger charge is -2.23. The third kappa shape index (κ3) is 3.79. The number of ether oxygens (including phenoxy) is 2. The number of rotatable bonds is 7. The van der Waals surface area contributed by atoms with Crippen molar-refractivity contribution in [1.82, 2.24) is 0 Å². The van der Waals surface area contributed by atoms with Gasteiger partial charge in [-0.05, 0) is 20.3 Å². The molecule has 0 amide bonds. The second kappa shape index (κ2) is 7.19. The number of esters is 1. The van der Waals surface area contributed by atoms with Crippen LogP contribution in [0.5, 0.6) is 0 Å². The van der Waals surface area contributed by atoms with Crippen molar-refractivity contribution in [1.29, 1.82) is 5.41 Å². The van der Waals surface area contributed by atoms with Crippen LogP contribution in [0, 0.1) is 5.41 Å². The van der Waals surface area contributed by atoms with Crippen LogP contribution in [0.25, 0.3) is 0 Å². The first-order valence-electron chi connectivity index (χ1n) is 5.60. The van der Waals surface area contributed by atoms with Crippen LogP contribution in [0.2, 0.25) is 0 Å². The molecule has 0 aliphatic carbocycles. The monoisotopic (exact) mass is 233 g/mol. The van der Waals surface area contributed by atoms with Gasteiger partial charge in [-0.2, -0.15) is 0 Å². The zero-order valence-corrected chi connectivity index (χ0v) is 10.1. The van der Waals surface area contributed by atoms with E-state index in [1.807, 2.05) is 6.92 Å². The van der Waals surface area contributed by atoms with Crippen molar-refractivity contribution in [2.24, 2.45) is 0 Å². The zero-order chi connectivity index (χ0) is 12.6. The molecule has 0 aliphatic heterocycles. The largest absolute Gasteiger partial charge is 0.479 e. The Morgan fingerprint density at radius 3 is 2.25 bits per heavy atom. The van der Waals surface area contributed by atoms with Crippen molar-refractivity contribution >= 4 is 11.9 Å². The minimum atomic E-state index is -2.43. The maximum Gasteiger partial charge on any atom is 0.353 e. The molecule has 0 heterocycles. The van der Waals surface area contributed by atoms with Gasteiger partial charge in [0, 0.05) is 6.42 Å². The normalized spacial score (nSPS) is 14.0. The van der Waals surface area contributed by atoms with Gasteiger partial charge in [0.15, 0.2) is 0 Å². The number of hydrogen-bond acceptors (Lipinski definition) is 4. The maximum atomic E-state index is 14.3. The Bertz CT molecular complexity index is 225. The highest BCUT2D eigenvalue weighted by Gasteiger charge is 2.46. The summed E-state index contributed by atoms with van der Waals surface area (Å²) in [6.45, 7) is 5.38. The smallest absolute Gasteiger partial charge is 0.353 e. The van der Waals surface area contributed by atoms with Gasteiger partial charge in [0.25, 0.3) is 5.67 Å². The van der Waals surface area contributed by atoms with Gasteiger partial charge in [-0.3, -0.25) is 5.41 Å². The summed E-state index contributed by atoms with van der Waals surface area (Å²) in [5.74, 6) is -1.68. The van der Waals surface area contributed by atoms with Crippen LogP contribution in [0.3, 0.4) is 0 Å². The molecule has 94 valence electrons. The fraction of sp³-hybridized carbons (Fsp3) is 0.818. The third-order valence-corrected chi connectivity index (χ3v) is 2.12. The minimum absolute atomic E-state index is 0.0683. The molecule has 0 saturated heterocycles. The molecule has 0 bridgehead atoms. The Morgan fingerprint density at radius 2 is 1.81 bits per heavy atom. The summed E-state index contributed by atoms with van der Waals surface area (Å²) >= 11 is 0. The molecule has 0 radical (unpaired) electrons. The Hall–Kier alpha value is -1.13. The second-order valence-corrected chi connectivity index (χ2v) is 3.39. The molecule has 1 N–H and O–H groups in total. The highest BCUT2D eigenvalue weighted by atomic mass is 19.1. The minimum Gasteiger partial charge on any atom is -0.479 e. The molecule has 4 nitrogen and oxygen atoms in total. The number of nitrogens with one attached hydrogen (secondary N) is 1. The zero-order valence-electron chi connectivity index (χ0n) is 10.1. The number of carbonyl (C=O) groups is 1. The summed E-state index contributed by atoms with van der Waals surface area (Å²) < 4.78 is 23.7. The topological polar surface area (TPSA) is 59.4 Å². The molecule has 1 atom stereocenters. The molecule has 0 spiro atoms. The van der Waals surface area contributed by atoms with E-state index in [1.54, 1.807) is 13.8 Å². The first-order chi connectivity index (χ1) is 7.52. The van der Waals surface area contributed by atoms with Gasteiger partial charge in [0.2, 0.25) is 5.90 Å². The Morgan fingerprint density at radius 1 is 1.25 bits per heavy atom. The number of halogens is 1. The first-order valence-corrected chi connectivity index (χ1v) is 5.60. The molecule has 0 aromatic rings. The van der Waals surface area contributed by atoms with E-state index in [1.165, 1.54) is 0 Å². The lowest BCUT2D eigenvalue weighted by atomic mass is 9.98. The number of alkyl halides is 1. The molecule has 0 rings (SSSR count). The molecular formula is C11H20FNO3. The predicted molar refractivity (Wildman–Crippen MR) is 59.3 cm³/mol. The van der Waals surface area contributed by atoms with Crippen LogP contribution in [0.15, 0.2) is 0 Å². The molecule has 0 aromatic heterocycles.